The van der Waals surface area contributed by atoms with E-state index in [1.165, 1.54) is 6.33 Å². The van der Waals surface area contributed by atoms with Gasteiger partial charge in [0.2, 0.25) is 0 Å². The number of hydrogen-bond donors (Lipinski definition) is 1. The lowest BCUT2D eigenvalue weighted by molar-refractivity contribution is 0.0952. The number of fused-ring (bicyclic) bond motifs is 1. The molecule has 0 aliphatic rings. The fourth-order valence-corrected chi connectivity index (χ4v) is 3.79. The normalized spacial score (nSPS) is 11.2. The van der Waals surface area contributed by atoms with E-state index in [9.17, 15) is 4.79 Å². The van der Waals surface area contributed by atoms with Gasteiger partial charge in [-0.1, -0.05) is 42.8 Å². The van der Waals surface area contributed by atoms with E-state index in [2.05, 4.69) is 32.5 Å². The number of nitrogens with zero attached hydrogens (tertiary/aromatic N) is 5. The Morgan fingerprint density at radius 2 is 2.03 bits per heavy atom. The molecular weight excluding hydrogens is 420 g/mol. The van der Waals surface area contributed by atoms with Gasteiger partial charge in [0.05, 0.1) is 29.5 Å². The first kappa shape index (κ1) is 20.6. The summed E-state index contributed by atoms with van der Waals surface area (Å²) in [5.41, 5.74) is 4.08. The molecular formula is C24H22N6O3. The van der Waals surface area contributed by atoms with Gasteiger partial charge in [0.25, 0.3) is 11.6 Å². The molecule has 1 amide bonds. The van der Waals surface area contributed by atoms with Gasteiger partial charge in [-0.15, -0.1) is 0 Å². The Kier molecular flexibility index (Phi) is 5.67. The molecule has 0 saturated heterocycles. The Balaban J connectivity index is 1.45. The smallest absolute Gasteiger partial charge is 0.259 e. The van der Waals surface area contributed by atoms with E-state index in [0.29, 0.717) is 47.6 Å². The minimum absolute atomic E-state index is 0.230. The maximum absolute atomic E-state index is 13.4. The summed E-state index contributed by atoms with van der Waals surface area (Å²) in [5, 5.41) is 12.0. The third-order valence-corrected chi connectivity index (χ3v) is 5.38. The summed E-state index contributed by atoms with van der Waals surface area (Å²) in [7, 11) is 0. The second-order valence-corrected chi connectivity index (χ2v) is 7.64. The maximum Gasteiger partial charge on any atom is 0.259 e. The molecule has 0 fully saturated rings. The van der Waals surface area contributed by atoms with Crippen molar-refractivity contribution in [3.8, 4) is 11.5 Å². The highest BCUT2D eigenvalue weighted by molar-refractivity contribution is 6.06. The number of aryl methyl sites for hydroxylation is 1. The molecule has 166 valence electrons. The van der Waals surface area contributed by atoms with Crippen LogP contribution < -0.4 is 5.32 Å². The highest BCUT2D eigenvalue weighted by Gasteiger charge is 2.21. The number of aromatic nitrogens is 5. The van der Waals surface area contributed by atoms with Crippen molar-refractivity contribution in [3.63, 3.8) is 0 Å². The van der Waals surface area contributed by atoms with Crippen LogP contribution in [0.3, 0.4) is 0 Å². The van der Waals surface area contributed by atoms with Crippen LogP contribution in [0.5, 0.6) is 0 Å². The molecule has 5 aromatic rings. The predicted octanol–water partition coefficient (Wildman–Crippen LogP) is 4.01. The van der Waals surface area contributed by atoms with Crippen LogP contribution in [0.4, 0.5) is 0 Å². The number of carbonyl (C=O) groups excluding carboxylic acids is 1. The minimum atomic E-state index is -0.230. The zero-order valence-electron chi connectivity index (χ0n) is 18.1. The van der Waals surface area contributed by atoms with Crippen LogP contribution in [-0.2, 0) is 19.5 Å². The lowest BCUT2D eigenvalue weighted by Gasteiger charge is -2.12. The van der Waals surface area contributed by atoms with Crippen LogP contribution in [0.25, 0.3) is 22.6 Å². The quantitative estimate of drug-likeness (QED) is 0.386. The number of pyridine rings is 1. The van der Waals surface area contributed by atoms with Gasteiger partial charge >= 0.3 is 0 Å². The van der Waals surface area contributed by atoms with Crippen molar-refractivity contribution in [2.24, 2.45) is 0 Å². The van der Waals surface area contributed by atoms with E-state index in [1.807, 2.05) is 24.3 Å². The molecule has 5 rings (SSSR count). The summed E-state index contributed by atoms with van der Waals surface area (Å²) in [4.78, 5) is 21.9. The Morgan fingerprint density at radius 1 is 1.15 bits per heavy atom. The molecule has 0 unspecified atom stereocenters. The molecule has 9 nitrogen and oxygen atoms in total. The molecule has 9 heteroatoms. The summed E-state index contributed by atoms with van der Waals surface area (Å²) in [6.07, 6.45) is 6.30. The molecule has 0 saturated carbocycles. The van der Waals surface area contributed by atoms with E-state index in [1.54, 1.807) is 35.5 Å². The van der Waals surface area contributed by atoms with Gasteiger partial charge < -0.3 is 14.3 Å². The largest absolute Gasteiger partial charge is 0.463 e. The first-order valence-corrected chi connectivity index (χ1v) is 10.7. The average molecular weight is 442 g/mol. The Bertz CT molecular complexity index is 1370. The highest BCUT2D eigenvalue weighted by Crippen LogP contribution is 2.28. The lowest BCUT2D eigenvalue weighted by Crippen LogP contribution is -2.24. The summed E-state index contributed by atoms with van der Waals surface area (Å²) < 4.78 is 12.7. The first-order chi connectivity index (χ1) is 16.2. The Hall–Kier alpha value is -4.27. The fraction of sp³-hybridized carbons (Fsp3) is 0.208. The van der Waals surface area contributed by atoms with Crippen molar-refractivity contribution in [1.29, 1.82) is 0 Å². The highest BCUT2D eigenvalue weighted by atomic mass is 16.5. The molecule has 0 atom stereocenters. The lowest BCUT2D eigenvalue weighted by atomic mass is 10.0. The van der Waals surface area contributed by atoms with Crippen molar-refractivity contribution < 1.29 is 13.7 Å². The standard InChI is InChI=1S/C24H22N6O3/c1-2-6-19-22-18(11-20(21-9-5-10-32-21)28-24(22)33-29-19)23(31)26-12-16-7-3-4-8-17(16)13-30-15-25-14-27-30/h3-5,7-11,14-15H,2,6,12-13H2,1H3,(H,26,31). The summed E-state index contributed by atoms with van der Waals surface area (Å²) in [6.45, 7) is 2.98. The minimum Gasteiger partial charge on any atom is -0.463 e. The second kappa shape index (κ2) is 9.07. The number of amides is 1. The zero-order chi connectivity index (χ0) is 22.6. The van der Waals surface area contributed by atoms with E-state index in [-0.39, 0.29) is 5.91 Å². The van der Waals surface area contributed by atoms with Gasteiger partial charge in [0.15, 0.2) is 5.76 Å². The molecule has 0 radical (unpaired) electrons. The Labute approximate surface area is 189 Å². The molecule has 33 heavy (non-hydrogen) atoms. The second-order valence-electron chi connectivity index (χ2n) is 7.64. The van der Waals surface area contributed by atoms with Crippen molar-refractivity contribution in [2.75, 3.05) is 0 Å². The number of rotatable bonds is 8. The number of hydrogen-bond acceptors (Lipinski definition) is 7. The number of furan rings is 1. The average Bonchev–Trinajstić information content (AvgIpc) is 3.61. The van der Waals surface area contributed by atoms with Crippen LogP contribution in [0.1, 0.15) is 40.5 Å². The molecule has 1 N–H and O–H groups in total. The first-order valence-electron chi connectivity index (χ1n) is 10.7. The zero-order valence-corrected chi connectivity index (χ0v) is 18.1. The molecule has 4 heterocycles. The van der Waals surface area contributed by atoms with Crippen molar-refractivity contribution in [2.45, 2.75) is 32.9 Å². The van der Waals surface area contributed by atoms with E-state index in [0.717, 1.165) is 23.2 Å². The molecule has 0 aliphatic heterocycles. The van der Waals surface area contributed by atoms with E-state index >= 15 is 0 Å². The molecule has 0 spiro atoms. The van der Waals surface area contributed by atoms with Gasteiger partial charge in [-0.3, -0.25) is 4.79 Å². The summed E-state index contributed by atoms with van der Waals surface area (Å²) in [5.74, 6) is 0.323. The van der Waals surface area contributed by atoms with Gasteiger partial charge in [-0.05, 0) is 35.7 Å². The molecule has 1 aromatic carbocycles. The SMILES string of the molecule is CCCc1noc2nc(-c3ccco3)cc(C(=O)NCc3ccccc3Cn3cncn3)c12. The van der Waals surface area contributed by atoms with Crippen LogP contribution in [0.15, 0.2) is 70.3 Å². The molecule has 0 aliphatic carbocycles. The van der Waals surface area contributed by atoms with Crippen LogP contribution >= 0.6 is 0 Å². The van der Waals surface area contributed by atoms with Crippen molar-refractivity contribution in [3.05, 3.63) is 83.8 Å². The van der Waals surface area contributed by atoms with E-state index < -0.39 is 0 Å². The van der Waals surface area contributed by atoms with Gasteiger partial charge in [0.1, 0.15) is 18.3 Å². The fourth-order valence-electron chi connectivity index (χ4n) is 3.79. The van der Waals surface area contributed by atoms with Crippen LogP contribution in [0.2, 0.25) is 0 Å². The molecule has 0 bridgehead atoms. The Morgan fingerprint density at radius 3 is 2.79 bits per heavy atom. The van der Waals surface area contributed by atoms with E-state index in [4.69, 9.17) is 8.94 Å². The summed E-state index contributed by atoms with van der Waals surface area (Å²) in [6, 6.07) is 13.2. The molecule has 4 aromatic heterocycles. The third-order valence-electron chi connectivity index (χ3n) is 5.38. The monoisotopic (exact) mass is 442 g/mol. The third kappa shape index (κ3) is 4.25. The predicted molar refractivity (Wildman–Crippen MR) is 120 cm³/mol. The summed E-state index contributed by atoms with van der Waals surface area (Å²) >= 11 is 0. The van der Waals surface area contributed by atoms with Gasteiger partial charge in [-0.25, -0.2) is 14.6 Å². The van der Waals surface area contributed by atoms with Gasteiger partial charge in [-0.2, -0.15) is 5.10 Å². The van der Waals surface area contributed by atoms with Crippen molar-refractivity contribution >= 4 is 17.0 Å². The number of nitrogens with one attached hydrogen (secondary N) is 1. The van der Waals surface area contributed by atoms with Crippen LogP contribution in [-0.4, -0.2) is 30.8 Å². The maximum atomic E-state index is 13.4. The van der Waals surface area contributed by atoms with Crippen molar-refractivity contribution in [1.82, 2.24) is 30.2 Å². The number of benzene rings is 1. The van der Waals surface area contributed by atoms with Gasteiger partial charge in [0, 0.05) is 6.54 Å². The number of carbonyl (C=O) groups is 1. The topological polar surface area (TPSA) is 112 Å². The van der Waals surface area contributed by atoms with Crippen LogP contribution in [0, 0.1) is 0 Å².